The second kappa shape index (κ2) is 5.46. The van der Waals surface area contributed by atoms with Crippen molar-refractivity contribution in [3.63, 3.8) is 0 Å². The smallest absolute Gasteiger partial charge is 0.139 e. The molecule has 0 saturated carbocycles. The average molecular weight is 240 g/mol. The lowest BCUT2D eigenvalue weighted by Gasteiger charge is -2.23. The summed E-state index contributed by atoms with van der Waals surface area (Å²) >= 11 is 0. The molecule has 0 fully saturated rings. The largest absolute Gasteiger partial charge is 0.355 e. The Balaban J connectivity index is 2.42. The van der Waals surface area contributed by atoms with Gasteiger partial charge in [-0.1, -0.05) is 12.1 Å². The second-order valence-electron chi connectivity index (χ2n) is 4.28. The number of nitrogens with zero attached hydrogens (tertiary/aromatic N) is 4. The van der Waals surface area contributed by atoms with E-state index in [0.717, 1.165) is 23.3 Å². The molecule has 0 radical (unpaired) electrons. The average Bonchev–Trinajstić information content (AvgIpc) is 2.44. The van der Waals surface area contributed by atoms with Crippen molar-refractivity contribution in [2.24, 2.45) is 5.92 Å². The number of hydrogen-bond donors (Lipinski definition) is 0. The van der Waals surface area contributed by atoms with Gasteiger partial charge in [0.2, 0.25) is 0 Å². The molecular weight excluding hydrogens is 224 g/mol. The van der Waals surface area contributed by atoms with Crippen molar-refractivity contribution in [1.29, 1.82) is 5.26 Å². The number of hydrogen-bond acceptors (Lipinski definition) is 4. The third-order valence-corrected chi connectivity index (χ3v) is 2.92. The van der Waals surface area contributed by atoms with Gasteiger partial charge in [0.05, 0.1) is 17.5 Å². The minimum Gasteiger partial charge on any atom is -0.355 e. The van der Waals surface area contributed by atoms with E-state index in [4.69, 9.17) is 5.26 Å². The lowest BCUT2D eigenvalue weighted by Crippen LogP contribution is -2.28. The fraction of sp³-hybridized carbons (Fsp3) is 0.357. The van der Waals surface area contributed by atoms with E-state index >= 15 is 0 Å². The molecule has 0 aliphatic heterocycles. The van der Waals surface area contributed by atoms with Crippen LogP contribution >= 0.6 is 0 Å². The van der Waals surface area contributed by atoms with Crippen LogP contribution in [-0.2, 0) is 0 Å². The number of aromatic nitrogens is 2. The molecule has 0 amide bonds. The number of anilines is 1. The van der Waals surface area contributed by atoms with Gasteiger partial charge in [0.15, 0.2) is 0 Å². The highest BCUT2D eigenvalue weighted by Gasteiger charge is 2.13. The maximum atomic E-state index is 8.93. The van der Waals surface area contributed by atoms with Crippen molar-refractivity contribution in [3.05, 3.63) is 30.6 Å². The zero-order valence-electron chi connectivity index (χ0n) is 10.7. The second-order valence-corrected chi connectivity index (χ2v) is 4.28. The van der Waals surface area contributed by atoms with Gasteiger partial charge in [0.25, 0.3) is 0 Å². The Hall–Kier alpha value is -2.15. The van der Waals surface area contributed by atoms with E-state index in [9.17, 15) is 0 Å². The maximum Gasteiger partial charge on any atom is 0.139 e. The molecule has 92 valence electrons. The Bertz CT molecular complexity index is 568. The van der Waals surface area contributed by atoms with E-state index in [1.165, 1.54) is 0 Å². The Morgan fingerprint density at radius 1 is 1.33 bits per heavy atom. The summed E-state index contributed by atoms with van der Waals surface area (Å²) in [5.74, 6) is 0.892. The van der Waals surface area contributed by atoms with Crippen LogP contribution in [0, 0.1) is 17.2 Å². The molecular formula is C14H16N4. The standard InChI is InChI=1S/C14H16N4/c1-3-18(9-11(2)8-15)14-12-6-4-5-7-13(12)16-10-17-14/h4-7,10-11H,3,9H2,1-2H3. The number of para-hydroxylation sites is 1. The highest BCUT2D eigenvalue weighted by molar-refractivity contribution is 5.89. The van der Waals surface area contributed by atoms with E-state index < -0.39 is 0 Å². The molecule has 0 aliphatic rings. The Morgan fingerprint density at radius 2 is 2.11 bits per heavy atom. The predicted molar refractivity (Wildman–Crippen MR) is 72.2 cm³/mol. The minimum atomic E-state index is -0.0151. The first-order chi connectivity index (χ1) is 8.76. The van der Waals surface area contributed by atoms with Crippen molar-refractivity contribution in [3.8, 4) is 6.07 Å². The first-order valence-corrected chi connectivity index (χ1v) is 6.10. The van der Waals surface area contributed by atoms with E-state index in [2.05, 4.69) is 27.9 Å². The SMILES string of the molecule is CCN(CC(C)C#N)c1ncnc2ccccc12. The van der Waals surface area contributed by atoms with Gasteiger partial charge >= 0.3 is 0 Å². The Labute approximate surface area is 107 Å². The lowest BCUT2D eigenvalue weighted by atomic mass is 10.1. The van der Waals surface area contributed by atoms with E-state index in [1.54, 1.807) is 6.33 Å². The maximum absolute atomic E-state index is 8.93. The predicted octanol–water partition coefficient (Wildman–Crippen LogP) is 2.62. The molecule has 4 nitrogen and oxygen atoms in total. The zero-order chi connectivity index (χ0) is 13.0. The van der Waals surface area contributed by atoms with Crippen LogP contribution in [0.3, 0.4) is 0 Å². The highest BCUT2D eigenvalue weighted by atomic mass is 15.2. The fourth-order valence-electron chi connectivity index (χ4n) is 1.98. The fourth-order valence-corrected chi connectivity index (χ4v) is 1.98. The van der Waals surface area contributed by atoms with Crippen LogP contribution in [0.15, 0.2) is 30.6 Å². The number of nitriles is 1. The van der Waals surface area contributed by atoms with Crippen LogP contribution < -0.4 is 4.90 Å². The van der Waals surface area contributed by atoms with Crippen LogP contribution in [0.1, 0.15) is 13.8 Å². The molecule has 2 rings (SSSR count). The first kappa shape index (κ1) is 12.3. The van der Waals surface area contributed by atoms with Gasteiger partial charge in [-0.25, -0.2) is 9.97 Å². The molecule has 1 aromatic heterocycles. The normalized spacial score (nSPS) is 12.1. The highest BCUT2D eigenvalue weighted by Crippen LogP contribution is 2.22. The van der Waals surface area contributed by atoms with Crippen LogP contribution in [0.25, 0.3) is 10.9 Å². The first-order valence-electron chi connectivity index (χ1n) is 6.10. The summed E-state index contributed by atoms with van der Waals surface area (Å²) < 4.78 is 0. The molecule has 0 aliphatic carbocycles. The van der Waals surface area contributed by atoms with Crippen molar-refractivity contribution in [2.75, 3.05) is 18.0 Å². The summed E-state index contributed by atoms with van der Waals surface area (Å²) in [6, 6.07) is 10.2. The van der Waals surface area contributed by atoms with Crippen molar-refractivity contribution in [1.82, 2.24) is 9.97 Å². The molecule has 1 atom stereocenters. The monoisotopic (exact) mass is 240 g/mol. The van der Waals surface area contributed by atoms with Crippen LogP contribution in [0.5, 0.6) is 0 Å². The van der Waals surface area contributed by atoms with Crippen LogP contribution in [0.4, 0.5) is 5.82 Å². The third kappa shape index (κ3) is 2.40. The Kier molecular flexibility index (Phi) is 3.73. The number of benzene rings is 1. The molecule has 1 heterocycles. The summed E-state index contributed by atoms with van der Waals surface area (Å²) in [7, 11) is 0. The molecule has 4 heteroatoms. The molecule has 18 heavy (non-hydrogen) atoms. The molecule has 0 bridgehead atoms. The van der Waals surface area contributed by atoms with Gasteiger partial charge in [-0.15, -0.1) is 0 Å². The summed E-state index contributed by atoms with van der Waals surface area (Å²) in [6.45, 7) is 5.51. The third-order valence-electron chi connectivity index (χ3n) is 2.92. The van der Waals surface area contributed by atoms with Crippen LogP contribution in [0.2, 0.25) is 0 Å². The van der Waals surface area contributed by atoms with Gasteiger partial charge in [0, 0.05) is 18.5 Å². The topological polar surface area (TPSA) is 52.8 Å². The summed E-state index contributed by atoms with van der Waals surface area (Å²) in [6.07, 6.45) is 1.58. The van der Waals surface area contributed by atoms with Gasteiger partial charge in [0.1, 0.15) is 12.1 Å². The van der Waals surface area contributed by atoms with Crippen LogP contribution in [-0.4, -0.2) is 23.1 Å². The van der Waals surface area contributed by atoms with Gasteiger partial charge < -0.3 is 4.90 Å². The quantitative estimate of drug-likeness (QED) is 0.824. The van der Waals surface area contributed by atoms with E-state index in [1.807, 2.05) is 31.2 Å². The van der Waals surface area contributed by atoms with Crippen molar-refractivity contribution in [2.45, 2.75) is 13.8 Å². The summed E-state index contributed by atoms with van der Waals surface area (Å²) in [4.78, 5) is 10.7. The van der Waals surface area contributed by atoms with Crippen molar-refractivity contribution >= 4 is 16.7 Å². The molecule has 0 saturated heterocycles. The number of rotatable bonds is 4. The van der Waals surface area contributed by atoms with Gasteiger partial charge in [-0.3, -0.25) is 0 Å². The van der Waals surface area contributed by atoms with Gasteiger partial charge in [-0.05, 0) is 26.0 Å². The molecule has 0 N–H and O–H groups in total. The zero-order valence-corrected chi connectivity index (χ0v) is 10.7. The minimum absolute atomic E-state index is 0.0151. The summed E-state index contributed by atoms with van der Waals surface area (Å²) in [5.41, 5.74) is 0.936. The molecule has 2 aromatic rings. The molecule has 1 unspecified atom stereocenters. The lowest BCUT2D eigenvalue weighted by molar-refractivity contribution is 0.681. The molecule has 0 spiro atoms. The molecule has 1 aromatic carbocycles. The van der Waals surface area contributed by atoms with Crippen molar-refractivity contribution < 1.29 is 0 Å². The van der Waals surface area contributed by atoms with Gasteiger partial charge in [-0.2, -0.15) is 5.26 Å². The van der Waals surface area contributed by atoms with E-state index in [-0.39, 0.29) is 5.92 Å². The number of fused-ring (bicyclic) bond motifs is 1. The Morgan fingerprint density at radius 3 is 2.83 bits per heavy atom. The summed E-state index contributed by atoms with van der Waals surface area (Å²) in [5, 5.41) is 9.96. The van der Waals surface area contributed by atoms with E-state index in [0.29, 0.717) is 6.54 Å².